The maximum Gasteiger partial charge on any atom is 0.319 e. The number of phenolic OH excluding ortho intramolecular Hbond substituents is 2. The summed E-state index contributed by atoms with van der Waals surface area (Å²) in [6.07, 6.45) is 4.52. The molecule has 1 aliphatic rings. The predicted molar refractivity (Wildman–Crippen MR) is 105 cm³/mol. The van der Waals surface area contributed by atoms with Crippen molar-refractivity contribution in [1.29, 1.82) is 0 Å². The maximum atomic E-state index is 12.5. The van der Waals surface area contributed by atoms with E-state index < -0.39 is 5.92 Å². The third-order valence-electron chi connectivity index (χ3n) is 4.82. The Morgan fingerprint density at radius 2 is 1.81 bits per heavy atom. The zero-order chi connectivity index (χ0) is 19.6. The van der Waals surface area contributed by atoms with Crippen molar-refractivity contribution < 1.29 is 19.7 Å². The summed E-state index contributed by atoms with van der Waals surface area (Å²) in [5.74, 6) is 0.0648. The molecule has 0 saturated carbocycles. The molecule has 2 atom stereocenters. The molecule has 0 amide bonds. The molecule has 27 heavy (non-hydrogen) atoms. The first-order chi connectivity index (χ1) is 12.8. The van der Waals surface area contributed by atoms with Crippen molar-refractivity contribution in [2.24, 2.45) is 5.92 Å². The van der Waals surface area contributed by atoms with E-state index in [4.69, 9.17) is 4.74 Å². The van der Waals surface area contributed by atoms with Crippen LogP contribution in [0, 0.1) is 5.92 Å². The molecule has 0 bridgehead atoms. The maximum absolute atomic E-state index is 12.5. The number of esters is 1. The highest BCUT2D eigenvalue weighted by molar-refractivity contribution is 5.84. The van der Waals surface area contributed by atoms with Crippen molar-refractivity contribution in [2.45, 2.75) is 33.1 Å². The molecule has 4 heteroatoms. The monoisotopic (exact) mass is 364 g/mol. The molecule has 1 aliphatic heterocycles. The van der Waals surface area contributed by atoms with Gasteiger partial charge in [0.2, 0.25) is 0 Å². The van der Waals surface area contributed by atoms with Crippen molar-refractivity contribution in [1.82, 2.24) is 0 Å². The Morgan fingerprint density at radius 3 is 2.44 bits per heavy atom. The SMILES string of the molecule is CC(C)=CCc1ccc([C@@H]2C(=O)OC(=Cc3ccc(O)cc3)[C@@H]2C)cc1O. The van der Waals surface area contributed by atoms with Crippen LogP contribution < -0.4 is 0 Å². The molecule has 1 fully saturated rings. The Labute approximate surface area is 159 Å². The second-order valence-corrected chi connectivity index (χ2v) is 7.20. The summed E-state index contributed by atoms with van der Waals surface area (Å²) in [5.41, 5.74) is 3.62. The van der Waals surface area contributed by atoms with Gasteiger partial charge in [0, 0.05) is 5.92 Å². The summed E-state index contributed by atoms with van der Waals surface area (Å²) in [5, 5.41) is 19.7. The number of benzene rings is 2. The third-order valence-corrected chi connectivity index (χ3v) is 4.82. The Hall–Kier alpha value is -3.01. The highest BCUT2D eigenvalue weighted by Gasteiger charge is 2.39. The molecule has 2 N–H and O–H groups in total. The van der Waals surface area contributed by atoms with Crippen LogP contribution in [0.2, 0.25) is 0 Å². The van der Waals surface area contributed by atoms with Gasteiger partial charge in [0.05, 0.1) is 5.92 Å². The van der Waals surface area contributed by atoms with E-state index in [2.05, 4.69) is 6.08 Å². The number of hydrogen-bond donors (Lipinski definition) is 2. The topological polar surface area (TPSA) is 66.8 Å². The van der Waals surface area contributed by atoms with Crippen molar-refractivity contribution in [3.05, 3.63) is 76.6 Å². The number of phenols is 2. The lowest BCUT2D eigenvalue weighted by molar-refractivity contribution is -0.136. The van der Waals surface area contributed by atoms with E-state index in [1.165, 1.54) is 5.57 Å². The van der Waals surface area contributed by atoms with Gasteiger partial charge in [-0.3, -0.25) is 4.79 Å². The summed E-state index contributed by atoms with van der Waals surface area (Å²) >= 11 is 0. The molecule has 2 aromatic rings. The molecule has 0 spiro atoms. The number of rotatable bonds is 4. The molecule has 0 unspecified atom stereocenters. The largest absolute Gasteiger partial charge is 0.508 e. The fourth-order valence-electron chi connectivity index (χ4n) is 3.22. The van der Waals surface area contributed by atoms with E-state index in [1.54, 1.807) is 30.3 Å². The van der Waals surface area contributed by atoms with E-state index in [1.807, 2.05) is 39.0 Å². The first kappa shape index (κ1) is 18.8. The normalized spacial score (nSPS) is 20.6. The van der Waals surface area contributed by atoms with Gasteiger partial charge >= 0.3 is 5.97 Å². The molecule has 0 radical (unpaired) electrons. The molecular formula is C23H24O4. The van der Waals surface area contributed by atoms with Crippen LogP contribution in [0.4, 0.5) is 0 Å². The zero-order valence-corrected chi connectivity index (χ0v) is 15.8. The van der Waals surface area contributed by atoms with E-state index in [9.17, 15) is 15.0 Å². The van der Waals surface area contributed by atoms with Gasteiger partial charge in [-0.25, -0.2) is 0 Å². The summed E-state index contributed by atoms with van der Waals surface area (Å²) in [6, 6.07) is 12.1. The molecule has 1 saturated heterocycles. The van der Waals surface area contributed by atoms with Gasteiger partial charge in [-0.15, -0.1) is 0 Å². The molecule has 140 valence electrons. The van der Waals surface area contributed by atoms with Gasteiger partial charge in [0.25, 0.3) is 0 Å². The van der Waals surface area contributed by atoms with E-state index in [0.717, 1.165) is 16.7 Å². The number of allylic oxidation sites excluding steroid dienone is 3. The molecular weight excluding hydrogens is 340 g/mol. The number of carbonyl (C=O) groups is 1. The Balaban J connectivity index is 1.84. The Morgan fingerprint density at radius 1 is 1.11 bits per heavy atom. The first-order valence-electron chi connectivity index (χ1n) is 9.02. The van der Waals surface area contributed by atoms with Crippen LogP contribution in [0.25, 0.3) is 6.08 Å². The number of ether oxygens (including phenoxy) is 1. The summed E-state index contributed by atoms with van der Waals surface area (Å²) in [4.78, 5) is 12.5. The lowest BCUT2D eigenvalue weighted by atomic mass is 9.87. The molecule has 3 rings (SSSR count). The number of cyclic esters (lactones) is 1. The van der Waals surface area contributed by atoms with Crippen LogP contribution in [0.3, 0.4) is 0 Å². The minimum absolute atomic E-state index is 0.144. The summed E-state index contributed by atoms with van der Waals surface area (Å²) in [7, 11) is 0. The van der Waals surface area contributed by atoms with Crippen LogP contribution in [0.5, 0.6) is 11.5 Å². The Bertz CT molecular complexity index is 902. The van der Waals surface area contributed by atoms with Crippen LogP contribution in [-0.4, -0.2) is 16.2 Å². The van der Waals surface area contributed by atoms with E-state index in [-0.39, 0.29) is 23.4 Å². The molecule has 1 heterocycles. The smallest absolute Gasteiger partial charge is 0.319 e. The molecule has 0 aliphatic carbocycles. The molecule has 0 aromatic heterocycles. The van der Waals surface area contributed by atoms with E-state index in [0.29, 0.717) is 12.2 Å². The van der Waals surface area contributed by atoms with E-state index >= 15 is 0 Å². The van der Waals surface area contributed by atoms with Crippen LogP contribution >= 0.6 is 0 Å². The van der Waals surface area contributed by atoms with Crippen molar-refractivity contribution >= 4 is 12.0 Å². The number of hydrogen-bond acceptors (Lipinski definition) is 4. The predicted octanol–water partition coefficient (Wildman–Crippen LogP) is 4.92. The van der Waals surface area contributed by atoms with Gasteiger partial charge in [-0.05, 0) is 61.2 Å². The zero-order valence-electron chi connectivity index (χ0n) is 15.8. The van der Waals surface area contributed by atoms with Crippen LogP contribution in [0.1, 0.15) is 43.4 Å². The highest BCUT2D eigenvalue weighted by Crippen LogP contribution is 2.40. The minimum Gasteiger partial charge on any atom is -0.508 e. The number of aromatic hydroxyl groups is 2. The van der Waals surface area contributed by atoms with Gasteiger partial charge in [-0.2, -0.15) is 0 Å². The van der Waals surface area contributed by atoms with Crippen LogP contribution in [0.15, 0.2) is 59.9 Å². The van der Waals surface area contributed by atoms with Gasteiger partial charge in [0.15, 0.2) is 0 Å². The molecule has 4 nitrogen and oxygen atoms in total. The fraction of sp³-hybridized carbons (Fsp3) is 0.261. The fourth-order valence-corrected chi connectivity index (χ4v) is 3.22. The summed E-state index contributed by atoms with van der Waals surface area (Å²) in [6.45, 7) is 5.98. The lowest BCUT2D eigenvalue weighted by Gasteiger charge is -2.13. The molecule has 2 aromatic carbocycles. The number of carbonyl (C=O) groups excluding carboxylic acids is 1. The Kier molecular flexibility index (Phi) is 5.36. The quantitative estimate of drug-likeness (QED) is 0.597. The first-order valence-corrected chi connectivity index (χ1v) is 9.02. The second-order valence-electron chi connectivity index (χ2n) is 7.20. The minimum atomic E-state index is -0.447. The van der Waals surface area contributed by atoms with Crippen molar-refractivity contribution in [2.75, 3.05) is 0 Å². The average molecular weight is 364 g/mol. The summed E-state index contributed by atoms with van der Waals surface area (Å²) < 4.78 is 5.49. The standard InChI is InChI=1S/C23H24O4/c1-14(2)4-7-17-8-9-18(13-20(17)25)22-15(3)21(27-23(22)26)12-16-5-10-19(24)11-6-16/h4-6,8-13,15,22,24-25H,7H2,1-3H3/t15-,22+/m0/s1. The third kappa shape index (κ3) is 4.22. The van der Waals surface area contributed by atoms with Crippen molar-refractivity contribution in [3.8, 4) is 11.5 Å². The van der Waals surface area contributed by atoms with Gasteiger partial charge in [-0.1, -0.05) is 42.8 Å². The van der Waals surface area contributed by atoms with Crippen molar-refractivity contribution in [3.63, 3.8) is 0 Å². The second kappa shape index (κ2) is 7.70. The van der Waals surface area contributed by atoms with Gasteiger partial charge in [0.1, 0.15) is 17.3 Å². The van der Waals surface area contributed by atoms with Crippen LogP contribution in [-0.2, 0) is 16.0 Å². The highest BCUT2D eigenvalue weighted by atomic mass is 16.5. The van der Waals surface area contributed by atoms with Gasteiger partial charge < -0.3 is 14.9 Å². The lowest BCUT2D eigenvalue weighted by Crippen LogP contribution is -2.11. The average Bonchev–Trinajstić information content (AvgIpc) is 2.89.